The van der Waals surface area contributed by atoms with Gasteiger partial charge in [-0.2, -0.15) is 8.42 Å². The summed E-state index contributed by atoms with van der Waals surface area (Å²) in [7, 11) is -5.35. The van der Waals surface area contributed by atoms with Gasteiger partial charge in [0.15, 0.2) is 0 Å². The van der Waals surface area contributed by atoms with Crippen molar-refractivity contribution in [2.45, 2.75) is 0 Å². The number of hydrogen-bond acceptors (Lipinski definition) is 96. The molecule has 0 aromatic rings. The van der Waals surface area contributed by atoms with Crippen molar-refractivity contribution in [3.05, 3.63) is 0 Å². The van der Waals surface area contributed by atoms with Crippen LogP contribution in [0.1, 0.15) is 0 Å². The summed E-state index contributed by atoms with van der Waals surface area (Å²) < 4.78 is 29.0. The Morgan fingerprint density at radius 3 is 0.237 bits per heavy atom. The molecule has 0 saturated heterocycles. The van der Waals surface area contributed by atoms with Crippen LogP contribution in [0.4, 0.5) is 0 Å². The SMILES string of the molecule is O=S(=O)(OOOOOOOOOOOOOOOOOOOOOOOOOOOOOOOOOOOOOOOOOOOOOOO)OOOOOOOOOOOOOOOOOOOOOOOOOOOOOOOOOOOOOOOOOOOOOOO. The first-order chi connectivity index (χ1) is 48.1. The predicted octanol–water partition coefficient (Wildman–Crippen LogP) is -6.95. The molecular weight excluding hydrogens is 1570 g/mol. The zero-order valence-electron chi connectivity index (χ0n) is 39.7. The van der Waals surface area contributed by atoms with Gasteiger partial charge in [-0.05, 0) is 170 Å². The van der Waals surface area contributed by atoms with E-state index in [1.807, 2.05) is 0 Å². The zero-order chi connectivity index (χ0) is 69.6. The summed E-state index contributed by atoms with van der Waals surface area (Å²) in [5, 5.41) is 325. The van der Waals surface area contributed by atoms with E-state index in [0.29, 0.717) is 0 Å². The molecule has 97 heteroatoms. The Kier molecular flexibility index (Phi) is 83.0. The molecule has 0 fully saturated rings. The molecule has 0 aliphatic heterocycles. The van der Waals surface area contributed by atoms with Gasteiger partial charge in [-0.3, -0.25) is 0 Å². The molecule has 584 valence electrons. The summed E-state index contributed by atoms with van der Waals surface area (Å²) in [4.78, 5) is 0. The summed E-state index contributed by atoms with van der Waals surface area (Å²) >= 11 is 0. The lowest BCUT2D eigenvalue weighted by Crippen LogP contribution is -2.13. The molecule has 0 amide bonds. The average molecular weight is 1570 g/mol. The highest BCUT2D eigenvalue weighted by molar-refractivity contribution is 7.81. The molecule has 0 saturated carbocycles. The third kappa shape index (κ3) is 88.2. The highest BCUT2D eigenvalue weighted by Gasteiger charge is 2.18. The molecule has 0 aromatic heterocycles. The second kappa shape index (κ2) is 86.4. The normalized spacial score (nSPS) is 12.0. The molecule has 0 rings (SSSR count). The minimum absolute atomic E-state index is 2.87. The van der Waals surface area contributed by atoms with Crippen molar-refractivity contribution in [2.24, 2.45) is 0 Å². The van der Waals surface area contributed by atoms with Crippen molar-refractivity contribution >= 4 is 10.4 Å². The Bertz CT molecular complexity index is 1320. The van der Waals surface area contributed by atoms with Gasteiger partial charge in [-0.1, -0.05) is 0 Å². The van der Waals surface area contributed by atoms with Crippen LogP contribution >= 0.6 is 0 Å². The van der Waals surface area contributed by atoms with Crippen molar-refractivity contribution in [2.75, 3.05) is 0 Å². The van der Waals surface area contributed by atoms with E-state index in [1.165, 1.54) is 0 Å². The maximum absolute atomic E-state index is 11.1. The highest BCUT2D eigenvalue weighted by atomic mass is 32.3. The Morgan fingerprint density at radius 1 is 0.103 bits per heavy atom. The fraction of sp³-hybridized carbons (Fsp3) is 0. The molecule has 0 aromatic carbocycles. The minimum Gasteiger partial charge on any atom is -0.219 e. The number of hydrogen-bond donors (Lipinski definition) is 2. The van der Waals surface area contributed by atoms with Gasteiger partial charge in [-0.15, -0.1) is 0 Å². The van der Waals surface area contributed by atoms with Gasteiger partial charge in [0.05, 0.1) is 0 Å². The van der Waals surface area contributed by atoms with Gasteiger partial charge in [0.25, 0.3) is 0 Å². The second-order valence-electron chi connectivity index (χ2n) is 6.68. The lowest BCUT2D eigenvalue weighted by molar-refractivity contribution is -0.910. The molecular formula is H2O96S. The van der Waals surface area contributed by atoms with Gasteiger partial charge < -0.3 is 0 Å². The fourth-order valence-electron chi connectivity index (χ4n) is 1.08. The van der Waals surface area contributed by atoms with E-state index in [4.69, 9.17) is 10.5 Å². The Labute approximate surface area is 493 Å². The standard InChI is InChI=1S/H2O96S/c1-5-7-9-11-13-15-17-19-21-23-25-27-29-31-33-35-37-39-41-43-45-47-49-51-53-55-57-59-61-63-65-67-69-71-73-75-77-79-81-83-85-87-89-91-93-95-97(3,4)96-94-92-90-88-86-84-82-80-78-76-74-72-70-68-66-64-62-60-58-56-54-52-50-48-46-44-42-40-38-36-34-32-30-28-26-24-22-20-18-16-14-12-10-8-6-2/h1-2H. The monoisotopic (exact) mass is 1570 g/mol. The largest absolute Gasteiger partial charge is 0.457 e. The molecule has 0 atom stereocenters. The van der Waals surface area contributed by atoms with Crippen LogP contribution < -0.4 is 0 Å². The second-order valence-corrected chi connectivity index (χ2v) is 7.77. The highest BCUT2D eigenvalue weighted by Crippen LogP contribution is 2.04. The van der Waals surface area contributed by atoms with Gasteiger partial charge in [0, 0.05) is 292 Å². The summed E-state index contributed by atoms with van der Waals surface area (Å²) in [5.74, 6) is 0. The molecule has 0 aliphatic carbocycles. The summed E-state index contributed by atoms with van der Waals surface area (Å²) in [5.41, 5.74) is 0. The molecule has 0 bridgehead atoms. The van der Waals surface area contributed by atoms with Crippen LogP contribution in [-0.2, 0) is 473 Å². The Morgan fingerprint density at radius 2 is 0.165 bits per heavy atom. The molecule has 0 aliphatic rings. The maximum atomic E-state index is 11.1. The van der Waals surface area contributed by atoms with Crippen LogP contribution in [0.3, 0.4) is 0 Å². The Balaban J connectivity index is 3.20. The van der Waals surface area contributed by atoms with Crippen molar-refractivity contribution in [3.63, 3.8) is 0 Å². The summed E-state index contributed by atoms with van der Waals surface area (Å²) in [6, 6.07) is 0. The van der Waals surface area contributed by atoms with Crippen molar-refractivity contribution in [3.8, 4) is 0 Å². The van der Waals surface area contributed by atoms with E-state index in [0.717, 1.165) is 0 Å². The molecule has 96 nitrogen and oxygen atoms in total. The fourth-order valence-corrected chi connectivity index (χ4v) is 1.28. The molecule has 0 spiro atoms. The van der Waals surface area contributed by atoms with Gasteiger partial charge >= 0.3 is 10.4 Å². The summed E-state index contributed by atoms with van der Waals surface area (Å²) in [6.45, 7) is 0. The van der Waals surface area contributed by atoms with Crippen molar-refractivity contribution in [1.82, 2.24) is 0 Å². The van der Waals surface area contributed by atoms with E-state index in [-0.39, 0.29) is 0 Å². The molecule has 97 heavy (non-hydrogen) atoms. The van der Waals surface area contributed by atoms with Crippen LogP contribution in [0, 0.1) is 0 Å². The topological polar surface area (TPSA) is 924 Å². The van der Waals surface area contributed by atoms with Gasteiger partial charge in [-0.25, -0.2) is 10.5 Å². The third-order valence-electron chi connectivity index (χ3n) is 2.67. The lowest BCUT2D eigenvalue weighted by atomic mass is 14.0. The minimum atomic E-state index is -5.35. The third-order valence-corrected chi connectivity index (χ3v) is 3.12. The van der Waals surface area contributed by atoms with E-state index in [2.05, 4.69) is 462 Å². The van der Waals surface area contributed by atoms with E-state index in [9.17, 15) is 8.42 Å². The smallest absolute Gasteiger partial charge is 0.219 e. The maximum Gasteiger partial charge on any atom is 0.457 e. The average Bonchev–Trinajstić information content (AvgIpc) is 3.81. The lowest BCUT2D eigenvalue weighted by Gasteiger charge is -2.01. The van der Waals surface area contributed by atoms with E-state index in [1.54, 1.807) is 0 Å². The van der Waals surface area contributed by atoms with Crippen LogP contribution in [0.5, 0.6) is 0 Å². The first kappa shape index (κ1) is 93.2. The zero-order valence-corrected chi connectivity index (χ0v) is 40.5. The molecule has 0 heterocycles. The van der Waals surface area contributed by atoms with Crippen molar-refractivity contribution < 1.29 is 481 Å². The molecule has 0 unspecified atom stereocenters. The first-order valence-corrected chi connectivity index (χ1v) is 17.4. The molecule has 2 N–H and O–H groups in total. The van der Waals surface area contributed by atoms with Gasteiger partial charge in [0.1, 0.15) is 0 Å². The summed E-state index contributed by atoms with van der Waals surface area (Å²) in [6.07, 6.45) is 0. The van der Waals surface area contributed by atoms with Gasteiger partial charge in [0.2, 0.25) is 0 Å². The first-order valence-electron chi connectivity index (χ1n) is 16.0. The van der Waals surface area contributed by atoms with Crippen molar-refractivity contribution in [1.29, 1.82) is 0 Å². The van der Waals surface area contributed by atoms with Crippen LogP contribution in [-0.4, -0.2) is 18.9 Å². The van der Waals surface area contributed by atoms with Crippen LogP contribution in [0.2, 0.25) is 0 Å². The Hall–Kier alpha value is -3.81. The van der Waals surface area contributed by atoms with Crippen LogP contribution in [0.15, 0.2) is 0 Å². The van der Waals surface area contributed by atoms with E-state index < -0.39 is 10.4 Å². The molecule has 0 radical (unpaired) electrons. The quantitative estimate of drug-likeness (QED) is 0.0325. The predicted molar refractivity (Wildman–Crippen MR) is 114 cm³/mol. The van der Waals surface area contributed by atoms with Crippen LogP contribution in [0.25, 0.3) is 0 Å². The van der Waals surface area contributed by atoms with E-state index >= 15 is 0 Å². The number of rotatable bonds is 92.